The van der Waals surface area contributed by atoms with Gasteiger partial charge in [0, 0.05) is 13.1 Å². The Balaban J connectivity index is 2.26. The molecule has 146 valence electrons. The van der Waals surface area contributed by atoms with Gasteiger partial charge in [0.25, 0.3) is 0 Å². The molecule has 1 aromatic heterocycles. The van der Waals surface area contributed by atoms with Gasteiger partial charge in [0.1, 0.15) is 11.0 Å². The van der Waals surface area contributed by atoms with Gasteiger partial charge in [-0.1, -0.05) is 13.0 Å². The monoisotopic (exact) mass is 392 g/mol. The van der Waals surface area contributed by atoms with E-state index in [4.69, 9.17) is 4.42 Å². The van der Waals surface area contributed by atoms with E-state index >= 15 is 0 Å². The molecule has 2 rings (SSSR count). The Hall–Kier alpha value is -2.61. The van der Waals surface area contributed by atoms with Crippen LogP contribution in [0.1, 0.15) is 35.5 Å². The van der Waals surface area contributed by atoms with Crippen molar-refractivity contribution < 1.29 is 22.4 Å². The number of sulfone groups is 1. The lowest BCUT2D eigenvalue weighted by atomic mass is 10.1. The highest BCUT2D eigenvalue weighted by molar-refractivity contribution is 7.91. The third kappa shape index (κ3) is 4.97. The van der Waals surface area contributed by atoms with Crippen LogP contribution in [0.3, 0.4) is 0 Å². The van der Waals surface area contributed by atoms with Crippen molar-refractivity contribution in [3.8, 4) is 0 Å². The van der Waals surface area contributed by atoms with Crippen molar-refractivity contribution in [3.63, 3.8) is 0 Å². The van der Waals surface area contributed by atoms with E-state index in [1.54, 1.807) is 18.2 Å². The van der Waals surface area contributed by atoms with Crippen LogP contribution in [0.5, 0.6) is 0 Å². The van der Waals surface area contributed by atoms with E-state index < -0.39 is 26.9 Å². The molecule has 0 saturated carbocycles. The Kier molecular flexibility index (Phi) is 6.79. The predicted molar refractivity (Wildman–Crippen MR) is 101 cm³/mol. The first-order chi connectivity index (χ1) is 12.8. The molecule has 1 aromatic carbocycles. The van der Waals surface area contributed by atoms with Gasteiger partial charge in [-0.25, -0.2) is 8.42 Å². The number of hydrogen-bond donors (Lipinski definition) is 2. The molecule has 1 atom stereocenters. The molecule has 1 heterocycles. The van der Waals surface area contributed by atoms with E-state index in [-0.39, 0.29) is 17.2 Å². The van der Waals surface area contributed by atoms with Gasteiger partial charge in [0.05, 0.1) is 11.2 Å². The van der Waals surface area contributed by atoms with Crippen molar-refractivity contribution >= 4 is 21.7 Å². The van der Waals surface area contributed by atoms with E-state index in [9.17, 15) is 18.0 Å². The summed E-state index contributed by atoms with van der Waals surface area (Å²) in [5.74, 6) is -1.48. The van der Waals surface area contributed by atoms with Gasteiger partial charge >= 0.3 is 11.8 Å². The first-order valence-corrected chi connectivity index (χ1v) is 10.2. The Bertz CT molecular complexity index is 904. The first kappa shape index (κ1) is 20.7. The smallest absolute Gasteiger partial charge is 0.309 e. The number of aryl methyl sites for hydroxylation is 2. The number of rotatable bonds is 7. The minimum Gasteiger partial charge on any atom is -0.468 e. The zero-order valence-electron chi connectivity index (χ0n) is 15.6. The molecule has 0 spiro atoms. The molecule has 2 N–H and O–H groups in total. The maximum absolute atomic E-state index is 13.1. The molecule has 0 aliphatic rings. The fraction of sp³-hybridized carbons (Fsp3) is 0.368. The summed E-state index contributed by atoms with van der Waals surface area (Å²) in [5.41, 5.74) is 1.82. The van der Waals surface area contributed by atoms with Crippen molar-refractivity contribution in [1.82, 2.24) is 10.6 Å². The van der Waals surface area contributed by atoms with Gasteiger partial charge < -0.3 is 15.1 Å². The van der Waals surface area contributed by atoms with Gasteiger partial charge in [-0.2, -0.15) is 0 Å². The predicted octanol–water partition coefficient (Wildman–Crippen LogP) is 2.05. The average molecular weight is 392 g/mol. The average Bonchev–Trinajstić information content (AvgIpc) is 3.15. The number of carbonyl (C=O) groups is 2. The van der Waals surface area contributed by atoms with Crippen molar-refractivity contribution in [2.24, 2.45) is 0 Å². The molecule has 2 aromatic rings. The first-order valence-electron chi connectivity index (χ1n) is 8.68. The Morgan fingerprint density at radius 1 is 1.07 bits per heavy atom. The molecule has 0 fully saturated rings. The van der Waals surface area contributed by atoms with Gasteiger partial charge in [-0.15, -0.1) is 0 Å². The van der Waals surface area contributed by atoms with Crippen LogP contribution < -0.4 is 10.6 Å². The number of nitrogens with one attached hydrogen (secondary N) is 2. The lowest BCUT2D eigenvalue weighted by molar-refractivity contribution is -0.139. The van der Waals surface area contributed by atoms with Gasteiger partial charge in [-0.05, 0) is 55.7 Å². The molecule has 0 bridgehead atoms. The molecule has 0 aliphatic heterocycles. The highest BCUT2D eigenvalue weighted by atomic mass is 32.2. The summed E-state index contributed by atoms with van der Waals surface area (Å²) in [6.07, 6.45) is 2.06. The minimum atomic E-state index is -3.84. The molecule has 2 amide bonds. The van der Waals surface area contributed by atoms with Gasteiger partial charge in [0.15, 0.2) is 9.84 Å². The Morgan fingerprint density at radius 2 is 1.78 bits per heavy atom. The van der Waals surface area contributed by atoms with Crippen LogP contribution in [0.4, 0.5) is 0 Å². The molecule has 0 saturated heterocycles. The van der Waals surface area contributed by atoms with Crippen LogP contribution in [-0.4, -0.2) is 33.3 Å². The molecule has 0 radical (unpaired) electrons. The Labute approximate surface area is 159 Å². The fourth-order valence-corrected chi connectivity index (χ4v) is 4.15. The maximum Gasteiger partial charge on any atom is 0.309 e. The van der Waals surface area contributed by atoms with E-state index in [0.717, 1.165) is 11.1 Å². The number of amides is 2. The zero-order chi connectivity index (χ0) is 20.0. The van der Waals surface area contributed by atoms with Crippen LogP contribution >= 0.6 is 0 Å². The van der Waals surface area contributed by atoms with E-state index in [1.165, 1.54) is 18.4 Å². The number of furan rings is 1. The number of benzene rings is 1. The van der Waals surface area contributed by atoms with E-state index in [2.05, 4.69) is 10.6 Å². The summed E-state index contributed by atoms with van der Waals surface area (Å²) >= 11 is 0. The summed E-state index contributed by atoms with van der Waals surface area (Å²) in [6, 6.07) is 7.97. The van der Waals surface area contributed by atoms with Crippen LogP contribution in [0, 0.1) is 13.8 Å². The quantitative estimate of drug-likeness (QED) is 0.702. The highest BCUT2D eigenvalue weighted by Gasteiger charge is 2.32. The lowest BCUT2D eigenvalue weighted by Crippen LogP contribution is -2.42. The number of carbonyl (C=O) groups excluding carboxylic acids is 2. The maximum atomic E-state index is 13.1. The molecular formula is C19H24N2O5S. The number of hydrogen-bond acceptors (Lipinski definition) is 5. The van der Waals surface area contributed by atoms with Gasteiger partial charge in [0.2, 0.25) is 0 Å². The van der Waals surface area contributed by atoms with Crippen molar-refractivity contribution in [2.45, 2.75) is 37.3 Å². The molecule has 0 unspecified atom stereocenters. The van der Waals surface area contributed by atoms with Crippen LogP contribution in [-0.2, 0) is 19.4 Å². The van der Waals surface area contributed by atoms with Crippen molar-refractivity contribution in [2.75, 3.05) is 13.1 Å². The summed E-state index contributed by atoms with van der Waals surface area (Å²) < 4.78 is 31.6. The van der Waals surface area contributed by atoms with Crippen molar-refractivity contribution in [1.29, 1.82) is 0 Å². The summed E-state index contributed by atoms with van der Waals surface area (Å²) in [5, 5.41) is 3.70. The summed E-state index contributed by atoms with van der Waals surface area (Å²) in [6.45, 7) is 5.68. The molecule has 7 nitrogen and oxygen atoms in total. The highest BCUT2D eigenvalue weighted by Crippen LogP contribution is 2.29. The lowest BCUT2D eigenvalue weighted by Gasteiger charge is -2.17. The van der Waals surface area contributed by atoms with Crippen LogP contribution in [0.2, 0.25) is 0 Å². The largest absolute Gasteiger partial charge is 0.468 e. The standard InChI is InChI=1S/C19H24N2O5S/c1-4-9-20-18(22)19(23)21-12-17(16-6-5-10-26-16)27(24,25)15-8-7-13(2)14(3)11-15/h5-8,10-11,17H,4,9,12H2,1-3H3,(H,20,22)(H,21,23)/t17-/m1/s1. The normalized spacial score (nSPS) is 12.4. The van der Waals surface area contributed by atoms with Gasteiger partial charge in [-0.3, -0.25) is 9.59 Å². The van der Waals surface area contributed by atoms with Crippen LogP contribution in [0.25, 0.3) is 0 Å². The van der Waals surface area contributed by atoms with Crippen molar-refractivity contribution in [3.05, 3.63) is 53.5 Å². The van der Waals surface area contributed by atoms with Crippen LogP contribution in [0.15, 0.2) is 45.9 Å². The third-order valence-corrected chi connectivity index (χ3v) is 6.29. The summed E-state index contributed by atoms with van der Waals surface area (Å²) in [7, 11) is -3.84. The van der Waals surface area contributed by atoms with E-state index in [1.807, 2.05) is 20.8 Å². The molecule has 0 aliphatic carbocycles. The van der Waals surface area contributed by atoms with E-state index in [0.29, 0.717) is 13.0 Å². The SMILES string of the molecule is CCCNC(=O)C(=O)NC[C@H](c1ccco1)S(=O)(=O)c1ccc(C)c(C)c1. The fourth-order valence-electron chi connectivity index (χ4n) is 2.48. The zero-order valence-corrected chi connectivity index (χ0v) is 16.4. The molecule has 27 heavy (non-hydrogen) atoms. The minimum absolute atomic E-state index is 0.136. The molecule has 8 heteroatoms. The summed E-state index contributed by atoms with van der Waals surface area (Å²) in [4.78, 5) is 23.8. The Morgan fingerprint density at radius 3 is 2.37 bits per heavy atom. The second-order valence-corrected chi connectivity index (χ2v) is 8.39. The third-order valence-electron chi connectivity index (χ3n) is 4.23. The topological polar surface area (TPSA) is 105 Å². The molecular weight excluding hydrogens is 368 g/mol. The second kappa shape index (κ2) is 8.85. The second-order valence-electron chi connectivity index (χ2n) is 6.26.